The van der Waals surface area contributed by atoms with E-state index in [9.17, 15) is 14.0 Å². The standard InChI is InChI=1S/C18H17ClFN3O4/c1-3-27-15-9-11(8-14(19)16(15)26-2)10-21-23-18(25)17(24)22-13-6-4-12(20)5-7-13/h4-10H,3H2,1-2H3,(H,22,24)(H,23,25)/b21-10-. The molecule has 7 nitrogen and oxygen atoms in total. The molecule has 0 unspecified atom stereocenters. The van der Waals surface area contributed by atoms with Crippen LogP contribution in [0.2, 0.25) is 5.02 Å². The van der Waals surface area contributed by atoms with Gasteiger partial charge in [-0.25, -0.2) is 9.82 Å². The number of ether oxygens (including phenoxy) is 2. The van der Waals surface area contributed by atoms with Crippen LogP contribution in [0.4, 0.5) is 10.1 Å². The summed E-state index contributed by atoms with van der Waals surface area (Å²) in [6.45, 7) is 2.22. The highest BCUT2D eigenvalue weighted by Crippen LogP contribution is 2.35. The molecular formula is C18H17ClFN3O4. The number of hydrazone groups is 1. The van der Waals surface area contributed by atoms with Gasteiger partial charge in [-0.15, -0.1) is 0 Å². The lowest BCUT2D eigenvalue weighted by molar-refractivity contribution is -0.136. The van der Waals surface area contributed by atoms with Crippen molar-refractivity contribution in [1.82, 2.24) is 5.43 Å². The van der Waals surface area contributed by atoms with Crippen LogP contribution in [-0.2, 0) is 9.59 Å². The number of methoxy groups -OCH3 is 1. The quantitative estimate of drug-likeness (QED) is 0.448. The Morgan fingerprint density at radius 3 is 2.56 bits per heavy atom. The van der Waals surface area contributed by atoms with E-state index in [2.05, 4.69) is 15.8 Å². The molecule has 2 aromatic carbocycles. The van der Waals surface area contributed by atoms with Crippen molar-refractivity contribution in [2.75, 3.05) is 19.0 Å². The summed E-state index contributed by atoms with van der Waals surface area (Å²) in [5.41, 5.74) is 2.90. The molecule has 2 N–H and O–H groups in total. The molecule has 142 valence electrons. The molecule has 0 aliphatic carbocycles. The van der Waals surface area contributed by atoms with Gasteiger partial charge in [0.05, 0.1) is 25.0 Å². The van der Waals surface area contributed by atoms with E-state index in [1.165, 1.54) is 25.5 Å². The van der Waals surface area contributed by atoms with Crippen molar-refractivity contribution in [2.24, 2.45) is 5.10 Å². The summed E-state index contributed by atoms with van der Waals surface area (Å²) in [6, 6.07) is 8.18. The number of rotatable bonds is 6. The number of carbonyl (C=O) groups excluding carboxylic acids is 2. The number of hydrogen-bond donors (Lipinski definition) is 2. The largest absolute Gasteiger partial charge is 0.491 e. The van der Waals surface area contributed by atoms with E-state index in [4.69, 9.17) is 21.1 Å². The molecule has 2 amide bonds. The lowest BCUT2D eigenvalue weighted by Crippen LogP contribution is -2.32. The third-order valence-corrected chi connectivity index (χ3v) is 3.50. The molecule has 0 aliphatic heterocycles. The molecule has 0 radical (unpaired) electrons. The van der Waals surface area contributed by atoms with Crippen molar-refractivity contribution in [3.63, 3.8) is 0 Å². The lowest BCUT2D eigenvalue weighted by Gasteiger charge is -2.11. The SMILES string of the molecule is CCOc1cc(/C=N\NC(=O)C(=O)Nc2ccc(F)cc2)cc(Cl)c1OC. The second kappa shape index (κ2) is 9.54. The fraction of sp³-hybridized carbons (Fsp3) is 0.167. The van der Waals surface area contributed by atoms with Gasteiger partial charge in [0.2, 0.25) is 0 Å². The zero-order chi connectivity index (χ0) is 19.8. The second-order valence-electron chi connectivity index (χ2n) is 5.13. The Morgan fingerprint density at radius 1 is 1.22 bits per heavy atom. The van der Waals surface area contributed by atoms with E-state index in [1.807, 2.05) is 6.92 Å². The molecule has 0 bridgehead atoms. The van der Waals surface area contributed by atoms with Crippen LogP contribution >= 0.6 is 11.6 Å². The first-order chi connectivity index (χ1) is 12.9. The Kier molecular flexibility index (Phi) is 7.13. The van der Waals surface area contributed by atoms with Crippen molar-refractivity contribution >= 4 is 35.3 Å². The highest BCUT2D eigenvalue weighted by molar-refractivity contribution is 6.39. The fourth-order valence-electron chi connectivity index (χ4n) is 2.06. The molecule has 27 heavy (non-hydrogen) atoms. The molecule has 2 rings (SSSR count). The minimum Gasteiger partial charge on any atom is -0.491 e. The van der Waals surface area contributed by atoms with E-state index in [1.54, 1.807) is 12.1 Å². The van der Waals surface area contributed by atoms with Gasteiger partial charge >= 0.3 is 11.8 Å². The smallest absolute Gasteiger partial charge is 0.329 e. The fourth-order valence-corrected chi connectivity index (χ4v) is 2.36. The van der Waals surface area contributed by atoms with Crippen molar-refractivity contribution < 1.29 is 23.5 Å². The number of halogens is 2. The van der Waals surface area contributed by atoms with Gasteiger partial charge in [-0.1, -0.05) is 11.6 Å². The molecule has 0 atom stereocenters. The predicted molar refractivity (Wildman–Crippen MR) is 99.9 cm³/mol. The average molecular weight is 394 g/mol. The van der Waals surface area contributed by atoms with Crippen molar-refractivity contribution in [1.29, 1.82) is 0 Å². The zero-order valence-electron chi connectivity index (χ0n) is 14.6. The van der Waals surface area contributed by atoms with Crippen LogP contribution in [0.1, 0.15) is 12.5 Å². The molecular weight excluding hydrogens is 377 g/mol. The number of anilines is 1. The maximum atomic E-state index is 12.8. The van der Waals surface area contributed by atoms with Crippen LogP contribution in [0.25, 0.3) is 0 Å². The molecule has 0 spiro atoms. The number of benzene rings is 2. The predicted octanol–water partition coefficient (Wildman–Crippen LogP) is 2.98. The monoisotopic (exact) mass is 393 g/mol. The third kappa shape index (κ3) is 5.68. The van der Waals surface area contributed by atoms with E-state index < -0.39 is 17.6 Å². The van der Waals surface area contributed by atoms with Crippen LogP contribution in [0.5, 0.6) is 11.5 Å². The second-order valence-corrected chi connectivity index (χ2v) is 5.53. The normalized spacial score (nSPS) is 10.5. The van der Waals surface area contributed by atoms with Gasteiger partial charge in [0, 0.05) is 5.69 Å². The van der Waals surface area contributed by atoms with Gasteiger partial charge in [-0.2, -0.15) is 5.10 Å². The Labute approximate surface area is 160 Å². The molecule has 0 saturated carbocycles. The maximum Gasteiger partial charge on any atom is 0.329 e. The summed E-state index contributed by atoms with van der Waals surface area (Å²) >= 11 is 6.12. The topological polar surface area (TPSA) is 89.0 Å². The summed E-state index contributed by atoms with van der Waals surface area (Å²) < 4.78 is 23.4. The minimum atomic E-state index is -0.986. The van der Waals surface area contributed by atoms with E-state index in [0.717, 1.165) is 12.1 Å². The molecule has 0 heterocycles. The van der Waals surface area contributed by atoms with Crippen LogP contribution in [0.15, 0.2) is 41.5 Å². The van der Waals surface area contributed by atoms with E-state index in [0.29, 0.717) is 28.7 Å². The highest BCUT2D eigenvalue weighted by Gasteiger charge is 2.13. The first kappa shape index (κ1) is 20.2. The summed E-state index contributed by atoms with van der Waals surface area (Å²) in [6.07, 6.45) is 1.30. The number of hydrogen-bond acceptors (Lipinski definition) is 5. The summed E-state index contributed by atoms with van der Waals surface area (Å²) in [5.74, 6) is -1.57. The summed E-state index contributed by atoms with van der Waals surface area (Å²) in [7, 11) is 1.47. The maximum absolute atomic E-state index is 12.8. The molecule has 0 aromatic heterocycles. The van der Waals surface area contributed by atoms with Crippen LogP contribution < -0.4 is 20.2 Å². The number of nitrogens with zero attached hydrogens (tertiary/aromatic N) is 1. The van der Waals surface area contributed by atoms with Crippen molar-refractivity contribution in [3.8, 4) is 11.5 Å². The van der Waals surface area contributed by atoms with Gasteiger partial charge in [-0.3, -0.25) is 9.59 Å². The van der Waals surface area contributed by atoms with Crippen molar-refractivity contribution in [3.05, 3.63) is 52.8 Å². The Balaban J connectivity index is 2.00. The summed E-state index contributed by atoms with van der Waals surface area (Å²) in [5, 5.41) is 6.34. The number of amides is 2. The minimum absolute atomic E-state index is 0.281. The average Bonchev–Trinajstić information content (AvgIpc) is 2.63. The molecule has 0 fully saturated rings. The number of carbonyl (C=O) groups is 2. The van der Waals surface area contributed by atoms with Crippen LogP contribution in [-0.4, -0.2) is 31.7 Å². The highest BCUT2D eigenvalue weighted by atomic mass is 35.5. The lowest BCUT2D eigenvalue weighted by atomic mass is 10.2. The molecule has 0 aliphatic rings. The molecule has 9 heteroatoms. The number of nitrogens with one attached hydrogen (secondary N) is 2. The van der Waals surface area contributed by atoms with Crippen LogP contribution in [0, 0.1) is 5.82 Å². The summed E-state index contributed by atoms with van der Waals surface area (Å²) in [4.78, 5) is 23.5. The Bertz CT molecular complexity index is 856. The van der Waals surface area contributed by atoms with Crippen molar-refractivity contribution in [2.45, 2.75) is 6.92 Å². The molecule has 0 saturated heterocycles. The van der Waals surface area contributed by atoms with E-state index >= 15 is 0 Å². The van der Waals surface area contributed by atoms with E-state index in [-0.39, 0.29) is 5.69 Å². The first-order valence-corrected chi connectivity index (χ1v) is 8.22. The zero-order valence-corrected chi connectivity index (χ0v) is 15.3. The van der Waals surface area contributed by atoms with Gasteiger partial charge in [0.1, 0.15) is 5.82 Å². The Hall–Kier alpha value is -3.13. The van der Waals surface area contributed by atoms with Crippen LogP contribution in [0.3, 0.4) is 0 Å². The first-order valence-electron chi connectivity index (χ1n) is 7.85. The Morgan fingerprint density at radius 2 is 1.93 bits per heavy atom. The molecule has 2 aromatic rings. The van der Waals surface area contributed by atoms with Gasteiger partial charge in [0.15, 0.2) is 11.5 Å². The third-order valence-electron chi connectivity index (χ3n) is 3.22. The van der Waals surface area contributed by atoms with Gasteiger partial charge in [0.25, 0.3) is 0 Å². The van der Waals surface area contributed by atoms with Gasteiger partial charge in [-0.05, 0) is 48.9 Å². The van der Waals surface area contributed by atoms with Gasteiger partial charge < -0.3 is 14.8 Å².